The Bertz CT molecular complexity index is 160. The highest BCUT2D eigenvalue weighted by atomic mass is 19.3. The maximum absolute atomic E-state index is 11.9. The van der Waals surface area contributed by atoms with Crippen LogP contribution in [0.1, 0.15) is 6.92 Å². The minimum absolute atomic E-state index is 0.123. The Kier molecular flexibility index (Phi) is 3.69. The van der Waals surface area contributed by atoms with Crippen molar-refractivity contribution < 1.29 is 28.9 Å². The fourth-order valence-electron chi connectivity index (χ4n) is 0.549. The van der Waals surface area contributed by atoms with Crippen LogP contribution in [0.4, 0.5) is 8.78 Å². The molecule has 0 unspecified atom stereocenters. The summed E-state index contributed by atoms with van der Waals surface area (Å²) in [6.45, 7) is 0.634. The molecule has 0 aromatic rings. The second kappa shape index (κ2) is 3.88. The molecule has 4 nitrogen and oxygen atoms in total. The first-order valence-electron chi connectivity index (χ1n) is 3.16. The lowest BCUT2D eigenvalue weighted by Crippen LogP contribution is -2.52. The van der Waals surface area contributed by atoms with Crippen molar-refractivity contribution in [3.63, 3.8) is 0 Å². The summed E-state index contributed by atoms with van der Waals surface area (Å²) in [5.41, 5.74) is -2.78. The molecule has 0 fully saturated rings. The summed E-state index contributed by atoms with van der Waals surface area (Å²) < 4.78 is 23.8. The third-order valence-corrected chi connectivity index (χ3v) is 1.50. The fraction of sp³-hybridized carbons (Fsp3) is 0.833. The SMILES string of the molecule is C[C@](O)(C(F)F)[C@@H](O)[C@@H](O)C=O. The number of alkyl halides is 2. The number of carbonyl (C=O) groups excluding carboxylic acids is 1. The maximum atomic E-state index is 11.9. The molecule has 72 valence electrons. The molecule has 6 heteroatoms. The number of hydrogen-bond acceptors (Lipinski definition) is 4. The molecule has 12 heavy (non-hydrogen) atoms. The van der Waals surface area contributed by atoms with Crippen LogP contribution in [0.15, 0.2) is 0 Å². The van der Waals surface area contributed by atoms with Crippen molar-refractivity contribution in [1.29, 1.82) is 0 Å². The summed E-state index contributed by atoms with van der Waals surface area (Å²) >= 11 is 0. The van der Waals surface area contributed by atoms with Gasteiger partial charge in [0.25, 0.3) is 6.43 Å². The summed E-state index contributed by atoms with van der Waals surface area (Å²) in [6.07, 6.45) is -7.55. The zero-order valence-electron chi connectivity index (χ0n) is 6.32. The molecule has 0 bridgehead atoms. The lowest BCUT2D eigenvalue weighted by Gasteiger charge is -2.29. The molecule has 3 atom stereocenters. The minimum atomic E-state index is -3.23. The van der Waals surface area contributed by atoms with Gasteiger partial charge in [-0.15, -0.1) is 0 Å². The van der Waals surface area contributed by atoms with E-state index in [0.29, 0.717) is 6.92 Å². The first-order chi connectivity index (χ1) is 5.34. The largest absolute Gasteiger partial charge is 0.387 e. The van der Waals surface area contributed by atoms with Crippen LogP contribution in [-0.4, -0.2) is 45.8 Å². The summed E-state index contributed by atoms with van der Waals surface area (Å²) in [5, 5.41) is 26.2. The number of rotatable bonds is 4. The molecule has 0 radical (unpaired) electrons. The van der Waals surface area contributed by atoms with Gasteiger partial charge in [0.15, 0.2) is 11.9 Å². The van der Waals surface area contributed by atoms with Crippen LogP contribution >= 0.6 is 0 Å². The molecule has 3 N–H and O–H groups in total. The Morgan fingerprint density at radius 1 is 1.42 bits per heavy atom. The van der Waals surface area contributed by atoms with Crippen molar-refractivity contribution >= 4 is 6.29 Å². The number of halogens is 2. The van der Waals surface area contributed by atoms with Crippen molar-refractivity contribution in [3.8, 4) is 0 Å². The number of carbonyl (C=O) groups is 1. The van der Waals surface area contributed by atoms with Gasteiger partial charge >= 0.3 is 0 Å². The molecular weight excluding hydrogens is 174 g/mol. The lowest BCUT2D eigenvalue weighted by atomic mass is 9.96. The van der Waals surface area contributed by atoms with E-state index < -0.39 is 24.2 Å². The third kappa shape index (κ3) is 2.20. The average Bonchev–Trinajstić information content (AvgIpc) is 2.01. The van der Waals surface area contributed by atoms with E-state index in [1.807, 2.05) is 0 Å². The molecule has 0 spiro atoms. The zero-order chi connectivity index (χ0) is 9.94. The highest BCUT2D eigenvalue weighted by Gasteiger charge is 2.43. The molecule has 0 heterocycles. The van der Waals surface area contributed by atoms with Crippen molar-refractivity contribution in [3.05, 3.63) is 0 Å². The number of hydrogen-bond donors (Lipinski definition) is 3. The van der Waals surface area contributed by atoms with Gasteiger partial charge in [-0.3, -0.25) is 0 Å². The van der Waals surface area contributed by atoms with E-state index in [1.54, 1.807) is 0 Å². The Morgan fingerprint density at radius 2 is 1.83 bits per heavy atom. The second-order valence-corrected chi connectivity index (χ2v) is 2.60. The van der Waals surface area contributed by atoms with Gasteiger partial charge in [-0.05, 0) is 6.92 Å². The third-order valence-electron chi connectivity index (χ3n) is 1.50. The first-order valence-corrected chi connectivity index (χ1v) is 3.16. The predicted octanol–water partition coefficient (Wildman–Crippen LogP) is -1.08. The molecule has 0 saturated carbocycles. The van der Waals surface area contributed by atoms with Crippen LogP contribution in [-0.2, 0) is 4.79 Å². The number of aliphatic hydroxyl groups is 3. The van der Waals surface area contributed by atoms with Gasteiger partial charge in [-0.25, -0.2) is 8.78 Å². The fourth-order valence-corrected chi connectivity index (χ4v) is 0.549. The van der Waals surface area contributed by atoms with Crippen LogP contribution in [0.5, 0.6) is 0 Å². The molecule has 0 aliphatic carbocycles. The van der Waals surface area contributed by atoms with E-state index in [1.165, 1.54) is 0 Å². The molecule has 0 aromatic carbocycles. The molecule has 0 rings (SSSR count). The Morgan fingerprint density at radius 3 is 2.08 bits per heavy atom. The monoisotopic (exact) mass is 184 g/mol. The second-order valence-electron chi connectivity index (χ2n) is 2.60. The topological polar surface area (TPSA) is 77.8 Å². The normalized spacial score (nSPS) is 21.6. The van der Waals surface area contributed by atoms with Gasteiger partial charge < -0.3 is 20.1 Å². The van der Waals surface area contributed by atoms with E-state index in [4.69, 9.17) is 15.3 Å². The Balaban J connectivity index is 4.44. The molecule has 0 saturated heterocycles. The average molecular weight is 184 g/mol. The Labute approximate surface area is 67.4 Å². The summed E-state index contributed by atoms with van der Waals surface area (Å²) in [4.78, 5) is 9.85. The molecular formula is C6H10F2O4. The highest BCUT2D eigenvalue weighted by Crippen LogP contribution is 2.20. The van der Waals surface area contributed by atoms with Gasteiger partial charge in [-0.1, -0.05) is 0 Å². The van der Waals surface area contributed by atoms with Crippen LogP contribution in [0, 0.1) is 0 Å². The van der Waals surface area contributed by atoms with Crippen LogP contribution in [0.3, 0.4) is 0 Å². The quantitative estimate of drug-likeness (QED) is 0.486. The minimum Gasteiger partial charge on any atom is -0.387 e. The van der Waals surface area contributed by atoms with E-state index in [-0.39, 0.29) is 6.29 Å². The summed E-state index contributed by atoms with van der Waals surface area (Å²) in [6, 6.07) is 0. The van der Waals surface area contributed by atoms with Gasteiger partial charge in [-0.2, -0.15) is 0 Å². The summed E-state index contributed by atoms with van der Waals surface area (Å²) in [5.74, 6) is 0. The smallest absolute Gasteiger partial charge is 0.269 e. The van der Waals surface area contributed by atoms with Crippen LogP contribution in [0.25, 0.3) is 0 Å². The number of aliphatic hydroxyl groups excluding tert-OH is 2. The van der Waals surface area contributed by atoms with Crippen molar-refractivity contribution in [2.24, 2.45) is 0 Å². The lowest BCUT2D eigenvalue weighted by molar-refractivity contribution is -0.178. The van der Waals surface area contributed by atoms with Gasteiger partial charge in [0.1, 0.15) is 12.2 Å². The van der Waals surface area contributed by atoms with Gasteiger partial charge in [0.05, 0.1) is 0 Å². The van der Waals surface area contributed by atoms with Crippen molar-refractivity contribution in [1.82, 2.24) is 0 Å². The van der Waals surface area contributed by atoms with E-state index in [0.717, 1.165) is 0 Å². The van der Waals surface area contributed by atoms with Crippen molar-refractivity contribution in [2.45, 2.75) is 31.2 Å². The van der Waals surface area contributed by atoms with E-state index in [2.05, 4.69) is 0 Å². The first kappa shape index (κ1) is 11.4. The van der Waals surface area contributed by atoms with E-state index >= 15 is 0 Å². The molecule has 0 aliphatic heterocycles. The van der Waals surface area contributed by atoms with Crippen LogP contribution in [0.2, 0.25) is 0 Å². The maximum Gasteiger partial charge on any atom is 0.269 e. The van der Waals surface area contributed by atoms with Gasteiger partial charge in [0, 0.05) is 0 Å². The standard InChI is InChI=1S/C6H10F2O4/c1-6(12,5(7)8)4(11)3(10)2-9/h2-5,10-12H,1H3/t3-,4-,6+/m0/s1. The van der Waals surface area contributed by atoms with Gasteiger partial charge in [0.2, 0.25) is 0 Å². The molecule has 0 aliphatic rings. The van der Waals surface area contributed by atoms with E-state index in [9.17, 15) is 13.6 Å². The summed E-state index contributed by atoms with van der Waals surface area (Å²) in [7, 11) is 0. The van der Waals surface area contributed by atoms with Crippen LogP contribution < -0.4 is 0 Å². The zero-order valence-corrected chi connectivity index (χ0v) is 6.32. The molecule has 0 aromatic heterocycles. The van der Waals surface area contributed by atoms with Crippen molar-refractivity contribution in [2.75, 3.05) is 0 Å². The highest BCUT2D eigenvalue weighted by molar-refractivity contribution is 5.57. The molecule has 0 amide bonds. The Hall–Kier alpha value is -0.590. The predicted molar refractivity (Wildman–Crippen MR) is 34.7 cm³/mol. The number of aldehydes is 1.